The smallest absolute Gasteiger partial charge is 0.0780 e. The summed E-state index contributed by atoms with van der Waals surface area (Å²) in [6.07, 6.45) is 6.51. The number of fused-ring (bicyclic) bond motifs is 2. The normalized spacial score (nSPS) is 18.0. The Morgan fingerprint density at radius 3 is 2.70 bits per heavy atom. The predicted octanol–water partition coefficient (Wildman–Crippen LogP) is 4.98. The van der Waals surface area contributed by atoms with Crippen LogP contribution in [0.4, 0.5) is 0 Å². The third-order valence-corrected chi connectivity index (χ3v) is 5.14. The van der Waals surface area contributed by atoms with Gasteiger partial charge in [-0.1, -0.05) is 32.5 Å². The average Bonchev–Trinajstić information content (AvgIpc) is 2.98. The van der Waals surface area contributed by atoms with Gasteiger partial charge in [-0.25, -0.2) is 0 Å². The second-order valence-corrected chi connectivity index (χ2v) is 6.66. The highest BCUT2D eigenvalue weighted by molar-refractivity contribution is 7.47. The first kappa shape index (κ1) is 11.8. The first-order valence-electron chi connectivity index (χ1n) is 6.78. The van der Waals surface area contributed by atoms with Crippen LogP contribution in [0, 0.1) is 0 Å². The zero-order valence-corrected chi connectivity index (χ0v) is 12.4. The van der Waals surface area contributed by atoms with Crippen molar-refractivity contribution in [1.29, 1.82) is 0 Å². The molecule has 1 aliphatic carbocycles. The first-order chi connectivity index (χ1) is 9.74. The quantitative estimate of drug-likeness (QED) is 0.668. The van der Waals surface area contributed by atoms with Gasteiger partial charge in [0, 0.05) is 22.4 Å². The van der Waals surface area contributed by atoms with Gasteiger partial charge in [-0.3, -0.25) is 4.98 Å². The summed E-state index contributed by atoms with van der Waals surface area (Å²) >= 11 is 0. The van der Waals surface area contributed by atoms with E-state index in [1.807, 2.05) is 12.3 Å². The van der Waals surface area contributed by atoms with E-state index in [1.54, 1.807) is 0 Å². The van der Waals surface area contributed by atoms with Crippen molar-refractivity contribution in [2.45, 2.75) is 13.8 Å². The number of para-hydroxylation sites is 1. The maximum absolute atomic E-state index is 4.59. The van der Waals surface area contributed by atoms with Crippen LogP contribution in [0.3, 0.4) is 0 Å². The molecule has 20 heavy (non-hydrogen) atoms. The van der Waals surface area contributed by atoms with Crippen molar-refractivity contribution in [2.24, 2.45) is 0 Å². The number of aromatic nitrogens is 1. The standard InChI is InChI=1S/C18H14NP/c1-11-9-15(16-10-12(2)20-18(11)16)14-7-3-5-13-6-4-8-19-17(13)14/h3-10H,1-2H3. The van der Waals surface area contributed by atoms with Crippen molar-refractivity contribution in [3.8, 4) is 0 Å². The van der Waals surface area contributed by atoms with Crippen LogP contribution in [0.1, 0.15) is 19.4 Å². The Morgan fingerprint density at radius 2 is 1.80 bits per heavy atom. The molecule has 2 aliphatic rings. The third-order valence-electron chi connectivity index (χ3n) is 3.84. The lowest BCUT2D eigenvalue weighted by Gasteiger charge is -2.06. The van der Waals surface area contributed by atoms with Crippen molar-refractivity contribution < 1.29 is 0 Å². The zero-order chi connectivity index (χ0) is 13.7. The van der Waals surface area contributed by atoms with Crippen LogP contribution in [0.2, 0.25) is 0 Å². The summed E-state index contributed by atoms with van der Waals surface area (Å²) in [6, 6.07) is 10.6. The van der Waals surface area contributed by atoms with Crippen LogP contribution in [0.5, 0.6) is 0 Å². The summed E-state index contributed by atoms with van der Waals surface area (Å²) in [5.74, 6) is 0. The highest BCUT2D eigenvalue weighted by Crippen LogP contribution is 2.42. The molecule has 4 rings (SSSR count). The van der Waals surface area contributed by atoms with Crippen molar-refractivity contribution >= 4 is 30.0 Å². The average molecular weight is 275 g/mol. The molecule has 96 valence electrons. The molecule has 0 unspecified atom stereocenters. The lowest BCUT2D eigenvalue weighted by molar-refractivity contribution is 1.40. The molecule has 0 radical (unpaired) electrons. The topological polar surface area (TPSA) is 12.9 Å². The summed E-state index contributed by atoms with van der Waals surface area (Å²) in [5.41, 5.74) is 6.44. The second kappa shape index (κ2) is 4.26. The van der Waals surface area contributed by atoms with E-state index in [-0.39, 0.29) is 0 Å². The molecule has 0 saturated carbocycles. The van der Waals surface area contributed by atoms with Crippen molar-refractivity contribution in [2.75, 3.05) is 0 Å². The molecule has 2 heteroatoms. The van der Waals surface area contributed by atoms with Crippen molar-refractivity contribution in [3.63, 3.8) is 0 Å². The minimum Gasteiger partial charge on any atom is -0.256 e. The number of pyridine rings is 1. The van der Waals surface area contributed by atoms with Gasteiger partial charge in [0.05, 0.1) is 5.52 Å². The lowest BCUT2D eigenvalue weighted by Crippen LogP contribution is -1.93. The molecule has 1 aliphatic heterocycles. The van der Waals surface area contributed by atoms with Gasteiger partial charge < -0.3 is 0 Å². The molecular weight excluding hydrogens is 261 g/mol. The Labute approximate surface area is 120 Å². The summed E-state index contributed by atoms with van der Waals surface area (Å²) < 4.78 is 0. The van der Waals surface area contributed by atoms with Gasteiger partial charge in [0.15, 0.2) is 0 Å². The Hall–Kier alpha value is -1.98. The van der Waals surface area contributed by atoms with Crippen molar-refractivity contribution in [3.05, 3.63) is 70.7 Å². The van der Waals surface area contributed by atoms with Crippen molar-refractivity contribution in [1.82, 2.24) is 4.98 Å². The molecule has 2 heterocycles. The maximum atomic E-state index is 4.59. The van der Waals surface area contributed by atoms with Crippen LogP contribution in [-0.4, -0.2) is 10.3 Å². The third kappa shape index (κ3) is 1.63. The molecule has 0 fully saturated rings. The molecule has 1 aromatic carbocycles. The van der Waals surface area contributed by atoms with Gasteiger partial charge >= 0.3 is 0 Å². The van der Waals surface area contributed by atoms with E-state index in [0.29, 0.717) is 0 Å². The van der Waals surface area contributed by atoms with E-state index in [1.165, 1.54) is 46.5 Å². The van der Waals surface area contributed by atoms with Gasteiger partial charge in [0.1, 0.15) is 0 Å². The molecule has 0 atom stereocenters. The van der Waals surface area contributed by atoms with E-state index in [4.69, 9.17) is 0 Å². The van der Waals surface area contributed by atoms with Gasteiger partial charge in [-0.2, -0.15) is 0 Å². The lowest BCUT2D eigenvalue weighted by atomic mass is 9.99. The number of hydrogen-bond acceptors (Lipinski definition) is 1. The number of benzene rings is 1. The zero-order valence-electron chi connectivity index (χ0n) is 11.5. The number of hydrogen-bond donors (Lipinski definition) is 0. The first-order valence-corrected chi connectivity index (χ1v) is 7.68. The molecule has 0 bridgehead atoms. The molecule has 0 spiro atoms. The van der Waals surface area contributed by atoms with E-state index in [0.717, 1.165) is 5.52 Å². The minimum absolute atomic E-state index is 1.09. The number of rotatable bonds is 1. The molecule has 0 amide bonds. The fraction of sp³-hybridized carbons (Fsp3) is 0.111. The largest absolute Gasteiger partial charge is 0.256 e. The summed E-state index contributed by atoms with van der Waals surface area (Å²) in [6.45, 7) is 4.41. The van der Waals surface area contributed by atoms with E-state index in [9.17, 15) is 0 Å². The van der Waals surface area contributed by atoms with Gasteiger partial charge in [0.25, 0.3) is 0 Å². The molecule has 0 N–H and O–H groups in total. The van der Waals surface area contributed by atoms with Crippen LogP contribution in [0.25, 0.3) is 16.5 Å². The summed E-state index contributed by atoms with van der Waals surface area (Å²) in [4.78, 5) is 4.59. The summed E-state index contributed by atoms with van der Waals surface area (Å²) in [5, 5.41) is 4.09. The fourth-order valence-corrected chi connectivity index (χ4v) is 4.05. The van der Waals surface area contributed by atoms with Crippen LogP contribution in [-0.2, 0) is 0 Å². The second-order valence-electron chi connectivity index (χ2n) is 5.28. The SMILES string of the molecule is CC1=CC2=C(c3cccc4cccnc34)C=C(C)C2=P1. The van der Waals surface area contributed by atoms with E-state index < -0.39 is 0 Å². The molecule has 1 nitrogen and oxygen atoms in total. The Morgan fingerprint density at radius 1 is 0.950 bits per heavy atom. The highest BCUT2D eigenvalue weighted by Gasteiger charge is 2.23. The van der Waals surface area contributed by atoms with Gasteiger partial charge in [0.2, 0.25) is 0 Å². The fourth-order valence-electron chi connectivity index (χ4n) is 2.96. The maximum Gasteiger partial charge on any atom is 0.0780 e. The Balaban J connectivity index is 2.04. The Bertz CT molecular complexity index is 861. The van der Waals surface area contributed by atoms with E-state index >= 15 is 0 Å². The predicted molar refractivity (Wildman–Crippen MR) is 88.1 cm³/mol. The molecule has 1 aromatic heterocycles. The minimum atomic E-state index is 1.09. The monoisotopic (exact) mass is 275 g/mol. The molecule has 0 saturated heterocycles. The number of allylic oxidation sites excluding steroid dienone is 6. The number of nitrogens with zero attached hydrogens (tertiary/aromatic N) is 1. The summed E-state index contributed by atoms with van der Waals surface area (Å²) in [7, 11) is 1.36. The molecular formula is C18H14NP. The van der Waals surface area contributed by atoms with Gasteiger partial charge in [-0.05, 0) is 54.1 Å². The van der Waals surface area contributed by atoms with Crippen LogP contribution < -0.4 is 0 Å². The highest BCUT2D eigenvalue weighted by atomic mass is 31.1. The van der Waals surface area contributed by atoms with Crippen LogP contribution in [0.15, 0.2) is 65.1 Å². The Kier molecular flexibility index (Phi) is 2.52. The molecule has 2 aromatic rings. The van der Waals surface area contributed by atoms with Gasteiger partial charge in [-0.15, -0.1) is 0 Å². The van der Waals surface area contributed by atoms with E-state index in [2.05, 4.69) is 55.2 Å². The van der Waals surface area contributed by atoms with Crippen LogP contribution >= 0.6 is 8.20 Å².